The highest BCUT2D eigenvalue weighted by molar-refractivity contribution is 8.08. The molecule has 0 aliphatic rings. The van der Waals surface area contributed by atoms with E-state index in [0.717, 1.165) is 0 Å². The summed E-state index contributed by atoms with van der Waals surface area (Å²) in [5.41, 5.74) is 6.64. The Hall–Kier alpha value is -3.47. The van der Waals surface area contributed by atoms with E-state index >= 15 is 0 Å². The van der Waals surface area contributed by atoms with Crippen molar-refractivity contribution in [1.29, 1.82) is 15.8 Å². The van der Waals surface area contributed by atoms with E-state index in [9.17, 15) is 20.6 Å². The number of benzene rings is 1. The van der Waals surface area contributed by atoms with Crippen LogP contribution >= 0.6 is 11.8 Å². The van der Waals surface area contributed by atoms with Crippen molar-refractivity contribution < 1.29 is 0 Å². The van der Waals surface area contributed by atoms with E-state index in [1.165, 1.54) is 16.3 Å². The number of pyridine rings is 1. The van der Waals surface area contributed by atoms with Crippen LogP contribution in [0.4, 0.5) is 5.82 Å². The Morgan fingerprint density at radius 1 is 1.19 bits per heavy atom. The fourth-order valence-corrected chi connectivity index (χ4v) is 3.50. The summed E-state index contributed by atoms with van der Waals surface area (Å²) in [5.74, 6) is 0.583. The molecule has 1 aromatic heterocycles. The molecule has 0 unspecified atom stereocenters. The molecule has 0 radical (unpaired) electrons. The highest BCUT2D eigenvalue weighted by Crippen LogP contribution is 2.33. The first kappa shape index (κ1) is 18.9. The molecule has 7 heteroatoms. The zero-order valence-electron chi connectivity index (χ0n) is 14.3. The smallest absolute Gasteiger partial charge is 0.265 e. The third-order valence-electron chi connectivity index (χ3n) is 3.76. The summed E-state index contributed by atoms with van der Waals surface area (Å²) < 4.78 is 1.24. The minimum absolute atomic E-state index is 0.0289. The van der Waals surface area contributed by atoms with E-state index in [-0.39, 0.29) is 27.4 Å². The van der Waals surface area contributed by atoms with E-state index in [1.807, 2.05) is 25.1 Å². The zero-order chi connectivity index (χ0) is 19.3. The lowest BCUT2D eigenvalue weighted by atomic mass is 10.0. The van der Waals surface area contributed by atoms with Crippen molar-refractivity contribution >= 4 is 22.5 Å². The summed E-state index contributed by atoms with van der Waals surface area (Å²) in [6, 6.07) is 14.4. The molecular weight excluding hydrogens is 346 g/mol. The van der Waals surface area contributed by atoms with Gasteiger partial charge in [-0.05, 0) is 30.4 Å². The van der Waals surface area contributed by atoms with Gasteiger partial charge in [-0.3, -0.25) is 9.36 Å². The number of hydrogen-bond donors (Lipinski definition) is 1. The van der Waals surface area contributed by atoms with Crippen molar-refractivity contribution in [3.63, 3.8) is 0 Å². The van der Waals surface area contributed by atoms with Crippen LogP contribution in [0.1, 0.15) is 23.6 Å². The van der Waals surface area contributed by atoms with E-state index in [0.29, 0.717) is 17.0 Å². The van der Waals surface area contributed by atoms with Crippen molar-refractivity contribution in [2.75, 3.05) is 11.5 Å². The number of aromatic nitrogens is 1. The molecule has 2 rings (SSSR count). The second kappa shape index (κ2) is 8.07. The molecule has 1 aromatic carbocycles. The first-order chi connectivity index (χ1) is 12.5. The lowest BCUT2D eigenvalue weighted by Crippen LogP contribution is -2.27. The fraction of sp³-hybridized carbons (Fsp3) is 0.158. The fourth-order valence-electron chi connectivity index (χ4n) is 2.59. The predicted octanol–water partition coefficient (Wildman–Crippen LogP) is 3.11. The molecule has 0 spiro atoms. The molecule has 0 saturated carbocycles. The van der Waals surface area contributed by atoms with Gasteiger partial charge in [0.05, 0.1) is 16.8 Å². The maximum Gasteiger partial charge on any atom is 0.265 e. The van der Waals surface area contributed by atoms with Crippen LogP contribution in [0.2, 0.25) is 0 Å². The molecular formula is C19H15N5OS. The Balaban J connectivity index is 3.04. The Kier molecular flexibility index (Phi) is 5.86. The van der Waals surface area contributed by atoms with Crippen LogP contribution in [-0.2, 0) is 0 Å². The molecule has 0 amide bonds. The Bertz CT molecular complexity index is 1050. The van der Waals surface area contributed by atoms with Crippen LogP contribution in [0.15, 0.2) is 40.7 Å². The minimum atomic E-state index is -0.468. The quantitative estimate of drug-likeness (QED) is 0.836. The number of nitrogens with zero attached hydrogens (tertiary/aromatic N) is 4. The molecule has 0 fully saturated rings. The summed E-state index contributed by atoms with van der Waals surface area (Å²) in [4.78, 5) is 13.5. The van der Waals surface area contributed by atoms with Gasteiger partial charge < -0.3 is 5.73 Å². The van der Waals surface area contributed by atoms with Gasteiger partial charge in [-0.15, -0.1) is 11.8 Å². The maximum absolute atomic E-state index is 13.2. The van der Waals surface area contributed by atoms with Gasteiger partial charge in [0, 0.05) is 4.91 Å². The lowest BCUT2D eigenvalue weighted by Gasteiger charge is -2.17. The van der Waals surface area contributed by atoms with Crippen LogP contribution in [0.5, 0.6) is 0 Å². The van der Waals surface area contributed by atoms with Crippen LogP contribution in [0, 0.1) is 40.9 Å². The summed E-state index contributed by atoms with van der Waals surface area (Å²) in [7, 11) is 0. The Morgan fingerprint density at radius 2 is 1.81 bits per heavy atom. The molecule has 1 heterocycles. The van der Waals surface area contributed by atoms with E-state index in [2.05, 4.69) is 0 Å². The first-order valence-corrected chi connectivity index (χ1v) is 8.68. The molecule has 0 bridgehead atoms. The number of anilines is 1. The topological polar surface area (TPSA) is 119 Å². The third-order valence-corrected chi connectivity index (χ3v) is 4.74. The number of thioether (sulfide) groups is 1. The van der Waals surface area contributed by atoms with Gasteiger partial charge >= 0.3 is 0 Å². The zero-order valence-corrected chi connectivity index (χ0v) is 15.1. The predicted molar refractivity (Wildman–Crippen MR) is 102 cm³/mol. The van der Waals surface area contributed by atoms with Gasteiger partial charge in [0.25, 0.3) is 5.56 Å². The SMILES string of the molecule is CCSC(=C(C#N)C#N)c1c(C)c(C#N)c(N)n(-c2ccccc2)c1=O. The molecule has 26 heavy (non-hydrogen) atoms. The molecule has 0 saturated heterocycles. The summed E-state index contributed by atoms with van der Waals surface area (Å²) in [6.45, 7) is 3.45. The van der Waals surface area contributed by atoms with Crippen molar-refractivity contribution in [2.24, 2.45) is 0 Å². The third kappa shape index (κ3) is 3.19. The first-order valence-electron chi connectivity index (χ1n) is 7.70. The van der Waals surface area contributed by atoms with Crippen LogP contribution in [0.3, 0.4) is 0 Å². The molecule has 0 aliphatic heterocycles. The van der Waals surface area contributed by atoms with Crippen LogP contribution in [-0.4, -0.2) is 10.3 Å². The van der Waals surface area contributed by atoms with Gasteiger partial charge in [0.15, 0.2) is 0 Å². The molecule has 2 N–H and O–H groups in total. The van der Waals surface area contributed by atoms with Gasteiger partial charge in [0.1, 0.15) is 29.6 Å². The van der Waals surface area contributed by atoms with E-state index < -0.39 is 5.56 Å². The van der Waals surface area contributed by atoms with Gasteiger partial charge in [-0.2, -0.15) is 15.8 Å². The van der Waals surface area contributed by atoms with E-state index in [4.69, 9.17) is 5.73 Å². The van der Waals surface area contributed by atoms with Gasteiger partial charge in [-0.1, -0.05) is 25.1 Å². The van der Waals surface area contributed by atoms with E-state index in [1.54, 1.807) is 37.3 Å². The van der Waals surface area contributed by atoms with Crippen molar-refractivity contribution in [3.05, 3.63) is 62.9 Å². The standard InChI is InChI=1S/C19H15N5OS/c1-3-26-17(13(9-20)10-21)16-12(2)15(11-22)18(23)24(19(16)25)14-7-5-4-6-8-14/h4-8H,3,23H2,1-2H3. The highest BCUT2D eigenvalue weighted by atomic mass is 32.2. The largest absolute Gasteiger partial charge is 0.384 e. The second-order valence-corrected chi connectivity index (χ2v) is 6.48. The lowest BCUT2D eigenvalue weighted by molar-refractivity contribution is 0.983. The normalized spacial score (nSPS) is 9.65. The summed E-state index contributed by atoms with van der Waals surface area (Å²) in [5, 5.41) is 28.1. The maximum atomic E-state index is 13.2. The number of rotatable bonds is 4. The number of para-hydroxylation sites is 1. The minimum Gasteiger partial charge on any atom is -0.384 e. The molecule has 2 aromatic rings. The molecule has 0 aliphatic carbocycles. The van der Waals surface area contributed by atoms with Gasteiger partial charge in [0.2, 0.25) is 0 Å². The molecule has 128 valence electrons. The van der Waals surface area contributed by atoms with Crippen molar-refractivity contribution in [1.82, 2.24) is 4.57 Å². The van der Waals surface area contributed by atoms with Crippen LogP contribution in [0.25, 0.3) is 10.6 Å². The summed E-state index contributed by atoms with van der Waals surface area (Å²) in [6.07, 6.45) is 0. The Labute approximate surface area is 155 Å². The number of nitrogens with two attached hydrogens (primary N) is 1. The summed E-state index contributed by atoms with van der Waals surface area (Å²) >= 11 is 1.22. The number of nitriles is 3. The Morgan fingerprint density at radius 3 is 2.31 bits per heavy atom. The number of allylic oxidation sites excluding steroid dienone is 1. The van der Waals surface area contributed by atoms with Gasteiger partial charge in [-0.25, -0.2) is 0 Å². The molecule has 0 atom stereocenters. The average Bonchev–Trinajstić information content (AvgIpc) is 2.64. The number of nitrogen functional groups attached to an aromatic ring is 1. The van der Waals surface area contributed by atoms with Crippen molar-refractivity contribution in [3.8, 4) is 23.9 Å². The monoisotopic (exact) mass is 361 g/mol. The van der Waals surface area contributed by atoms with Crippen molar-refractivity contribution in [2.45, 2.75) is 13.8 Å². The highest BCUT2D eigenvalue weighted by Gasteiger charge is 2.23. The average molecular weight is 361 g/mol. The second-order valence-electron chi connectivity index (χ2n) is 5.21. The molecule has 6 nitrogen and oxygen atoms in total. The number of hydrogen-bond acceptors (Lipinski definition) is 6. The van der Waals surface area contributed by atoms with Crippen LogP contribution < -0.4 is 11.3 Å².